The number of pyridine rings is 1. The van der Waals surface area contributed by atoms with E-state index < -0.39 is 30.1 Å². The second-order valence-electron chi connectivity index (χ2n) is 10.2. The Bertz CT molecular complexity index is 1480. The number of anilines is 1. The molecule has 1 N–H and O–H groups in total. The Balaban J connectivity index is 1.24. The van der Waals surface area contributed by atoms with Gasteiger partial charge in [0.25, 0.3) is 5.91 Å². The van der Waals surface area contributed by atoms with Crippen LogP contribution in [0, 0.1) is 0 Å². The Morgan fingerprint density at radius 1 is 1.15 bits per heavy atom. The van der Waals surface area contributed by atoms with Crippen LogP contribution in [0.1, 0.15) is 41.7 Å². The third-order valence-corrected chi connectivity index (χ3v) is 8.77. The molecular weight excluding hydrogens is 581 g/mol. The van der Waals surface area contributed by atoms with Crippen molar-refractivity contribution in [2.45, 2.75) is 43.3 Å². The van der Waals surface area contributed by atoms with Crippen LogP contribution in [0.15, 0.2) is 41.1 Å². The Morgan fingerprint density at radius 3 is 2.67 bits per heavy atom. The normalized spacial score (nSPS) is 20.8. The summed E-state index contributed by atoms with van der Waals surface area (Å²) in [5.41, 5.74) is 1.21. The third kappa shape index (κ3) is 4.17. The number of benzene rings is 1. The standard InChI is InChI=1S/C26H24BrF3N6O3/c27-16-3-1-4-19-22(16)25(24(39)36(19)14-21(37)35-8-2-5-20(35)26(28,29)30)6-9-34(10-7-25)23(38)17-11-15-12-32-33-18(15)13-31-17/h1,3-4,11-13,20H,2,5-10,14H2,(H,32,33)/t20-/m0/s1. The number of rotatable bonds is 3. The number of hydrogen-bond acceptors (Lipinski definition) is 5. The summed E-state index contributed by atoms with van der Waals surface area (Å²) in [5.74, 6) is -1.31. The molecule has 2 saturated heterocycles. The topological polar surface area (TPSA) is 102 Å². The SMILES string of the molecule is O=C(c1cc2cn[nH]c2cn1)N1CCC2(CC1)C(=O)N(CC(=O)N1CCC[C@H]1C(F)(F)F)c1cccc(Br)c12. The smallest absolute Gasteiger partial charge is 0.337 e. The monoisotopic (exact) mass is 604 g/mol. The second kappa shape index (κ2) is 9.32. The van der Waals surface area contributed by atoms with E-state index in [4.69, 9.17) is 0 Å². The maximum atomic E-state index is 14.0. The first-order valence-electron chi connectivity index (χ1n) is 12.7. The van der Waals surface area contributed by atoms with E-state index in [1.807, 2.05) is 0 Å². The van der Waals surface area contributed by atoms with Crippen molar-refractivity contribution in [3.8, 4) is 0 Å². The van der Waals surface area contributed by atoms with Gasteiger partial charge in [-0.3, -0.25) is 19.5 Å². The molecular formula is C26H24BrF3N6O3. The van der Waals surface area contributed by atoms with Crippen LogP contribution in [0.2, 0.25) is 0 Å². The number of H-pyrrole nitrogens is 1. The molecule has 0 radical (unpaired) electrons. The van der Waals surface area contributed by atoms with E-state index >= 15 is 0 Å². The lowest BCUT2D eigenvalue weighted by atomic mass is 9.73. The summed E-state index contributed by atoms with van der Waals surface area (Å²) in [7, 11) is 0. The summed E-state index contributed by atoms with van der Waals surface area (Å²) in [5, 5.41) is 7.51. The highest BCUT2D eigenvalue weighted by atomic mass is 79.9. The molecule has 9 nitrogen and oxygen atoms in total. The molecule has 3 aliphatic heterocycles. The van der Waals surface area contributed by atoms with Crippen LogP contribution in [0.25, 0.3) is 10.9 Å². The molecule has 3 aromatic rings. The predicted molar refractivity (Wildman–Crippen MR) is 138 cm³/mol. The van der Waals surface area contributed by atoms with Crippen molar-refractivity contribution in [3.05, 3.63) is 52.4 Å². The molecule has 2 fully saturated rings. The van der Waals surface area contributed by atoms with Crippen molar-refractivity contribution in [1.29, 1.82) is 0 Å². The summed E-state index contributed by atoms with van der Waals surface area (Å²) < 4.78 is 41.2. The molecule has 0 unspecified atom stereocenters. The second-order valence-corrected chi connectivity index (χ2v) is 11.1. The van der Waals surface area contributed by atoms with Crippen LogP contribution < -0.4 is 4.90 Å². The van der Waals surface area contributed by atoms with Crippen molar-refractivity contribution >= 4 is 50.2 Å². The largest absolute Gasteiger partial charge is 0.408 e. The van der Waals surface area contributed by atoms with Gasteiger partial charge >= 0.3 is 6.18 Å². The van der Waals surface area contributed by atoms with E-state index in [2.05, 4.69) is 31.1 Å². The van der Waals surface area contributed by atoms with Crippen LogP contribution in [0.5, 0.6) is 0 Å². The van der Waals surface area contributed by atoms with E-state index in [1.54, 1.807) is 41.6 Å². The zero-order valence-electron chi connectivity index (χ0n) is 20.7. The van der Waals surface area contributed by atoms with Gasteiger partial charge in [0.05, 0.1) is 23.3 Å². The molecule has 2 aromatic heterocycles. The minimum absolute atomic E-state index is 0.0112. The summed E-state index contributed by atoms with van der Waals surface area (Å²) in [6.45, 7) is 0.103. The number of piperidine rings is 1. The molecule has 39 heavy (non-hydrogen) atoms. The number of nitrogens with one attached hydrogen (secondary N) is 1. The molecule has 1 aromatic carbocycles. The van der Waals surface area contributed by atoms with Crippen molar-refractivity contribution in [1.82, 2.24) is 25.0 Å². The lowest BCUT2D eigenvalue weighted by Gasteiger charge is -2.38. The molecule has 13 heteroatoms. The highest BCUT2D eigenvalue weighted by Crippen LogP contribution is 2.51. The zero-order chi connectivity index (χ0) is 27.5. The Hall–Kier alpha value is -3.48. The maximum Gasteiger partial charge on any atom is 0.408 e. The molecule has 3 aliphatic rings. The van der Waals surface area contributed by atoms with Gasteiger partial charge in [0.15, 0.2) is 0 Å². The van der Waals surface area contributed by atoms with Crippen molar-refractivity contribution < 1.29 is 27.6 Å². The predicted octanol–water partition coefficient (Wildman–Crippen LogP) is 3.79. The number of fused-ring (bicyclic) bond motifs is 3. The third-order valence-electron chi connectivity index (χ3n) is 8.11. The number of hydrogen-bond donors (Lipinski definition) is 1. The van der Waals surface area contributed by atoms with Gasteiger partial charge in [0.1, 0.15) is 18.3 Å². The average molecular weight is 605 g/mol. The molecule has 1 atom stereocenters. The van der Waals surface area contributed by atoms with Crippen LogP contribution in [0.4, 0.5) is 18.9 Å². The molecule has 0 saturated carbocycles. The summed E-state index contributed by atoms with van der Waals surface area (Å²) in [6.07, 6.45) is -0.613. The van der Waals surface area contributed by atoms with Gasteiger partial charge in [0.2, 0.25) is 11.8 Å². The molecule has 6 rings (SSSR count). The lowest BCUT2D eigenvalue weighted by molar-refractivity contribution is -0.182. The number of halogens is 4. The number of carbonyl (C=O) groups excluding carboxylic acids is 3. The Morgan fingerprint density at radius 2 is 1.92 bits per heavy atom. The minimum Gasteiger partial charge on any atom is -0.337 e. The molecule has 204 valence electrons. The lowest BCUT2D eigenvalue weighted by Crippen LogP contribution is -2.53. The van der Waals surface area contributed by atoms with E-state index in [-0.39, 0.29) is 50.0 Å². The molecule has 1 spiro atoms. The first-order chi connectivity index (χ1) is 18.6. The van der Waals surface area contributed by atoms with Crippen molar-refractivity contribution in [3.63, 3.8) is 0 Å². The fourth-order valence-corrected chi connectivity index (χ4v) is 6.89. The van der Waals surface area contributed by atoms with Crippen molar-refractivity contribution in [2.24, 2.45) is 0 Å². The first-order valence-corrected chi connectivity index (χ1v) is 13.4. The summed E-state index contributed by atoms with van der Waals surface area (Å²) >= 11 is 3.56. The minimum atomic E-state index is -4.51. The van der Waals surface area contributed by atoms with E-state index in [0.29, 0.717) is 34.1 Å². The average Bonchev–Trinajstić information content (AvgIpc) is 3.64. The number of alkyl halides is 3. The zero-order valence-corrected chi connectivity index (χ0v) is 22.3. The van der Waals surface area contributed by atoms with Gasteiger partial charge in [-0.25, -0.2) is 4.98 Å². The summed E-state index contributed by atoms with van der Waals surface area (Å²) in [4.78, 5) is 48.3. The van der Waals surface area contributed by atoms with Gasteiger partial charge in [-0.1, -0.05) is 22.0 Å². The molecule has 0 bridgehead atoms. The van der Waals surface area contributed by atoms with E-state index in [0.717, 1.165) is 10.3 Å². The van der Waals surface area contributed by atoms with E-state index in [1.165, 1.54) is 4.90 Å². The summed E-state index contributed by atoms with van der Waals surface area (Å²) in [6, 6.07) is 5.09. The number of nitrogens with zero attached hydrogens (tertiary/aromatic N) is 5. The fraction of sp³-hybridized carbons (Fsp3) is 0.423. The molecule has 5 heterocycles. The number of amides is 3. The van der Waals surface area contributed by atoms with Gasteiger partial charge in [-0.2, -0.15) is 18.3 Å². The van der Waals surface area contributed by atoms with Gasteiger partial charge in [-0.15, -0.1) is 0 Å². The van der Waals surface area contributed by atoms with Gasteiger partial charge in [0, 0.05) is 40.7 Å². The van der Waals surface area contributed by atoms with Gasteiger partial charge in [-0.05, 0) is 43.9 Å². The number of carbonyl (C=O) groups is 3. The van der Waals surface area contributed by atoms with Crippen LogP contribution in [-0.4, -0.2) is 81.1 Å². The van der Waals surface area contributed by atoms with Crippen molar-refractivity contribution in [2.75, 3.05) is 31.1 Å². The van der Waals surface area contributed by atoms with Crippen LogP contribution in [-0.2, 0) is 15.0 Å². The highest BCUT2D eigenvalue weighted by Gasteiger charge is 2.55. The number of likely N-dealkylation sites (tertiary alicyclic amines) is 2. The quantitative estimate of drug-likeness (QED) is 0.490. The Kier molecular flexibility index (Phi) is 6.16. The van der Waals surface area contributed by atoms with Gasteiger partial charge < -0.3 is 14.7 Å². The van der Waals surface area contributed by atoms with Crippen LogP contribution >= 0.6 is 15.9 Å². The molecule has 3 amide bonds. The number of aromatic nitrogens is 3. The first kappa shape index (κ1) is 25.8. The molecule has 0 aliphatic carbocycles. The fourth-order valence-electron chi connectivity index (χ4n) is 6.15. The highest BCUT2D eigenvalue weighted by molar-refractivity contribution is 9.10. The van der Waals surface area contributed by atoms with E-state index in [9.17, 15) is 27.6 Å². The number of aromatic amines is 1. The maximum absolute atomic E-state index is 14.0. The van der Waals surface area contributed by atoms with Crippen LogP contribution in [0.3, 0.4) is 0 Å². The Labute approximate surface area is 229 Å².